The summed E-state index contributed by atoms with van der Waals surface area (Å²) in [4.78, 5) is 0. The van der Waals surface area contributed by atoms with Gasteiger partial charge in [0.2, 0.25) is 0 Å². The highest BCUT2D eigenvalue weighted by atomic mass is 127. The van der Waals surface area contributed by atoms with Crippen LogP contribution in [0.1, 0.15) is 52.7 Å². The number of benzene rings is 1. The molecule has 0 amide bonds. The van der Waals surface area contributed by atoms with Gasteiger partial charge in [-0.05, 0) is 25.0 Å². The van der Waals surface area contributed by atoms with Crippen LogP contribution < -0.4 is 0 Å². The monoisotopic (exact) mass is 324 g/mol. The zero-order valence-electron chi connectivity index (χ0n) is 11.7. The van der Waals surface area contributed by atoms with Crippen molar-refractivity contribution in [2.45, 2.75) is 55.4 Å². The Bertz CT molecular complexity index is 161. The average Bonchev–Trinajstić information content (AvgIpc) is 2.31. The number of halogens is 1. The van der Waals surface area contributed by atoms with E-state index in [-0.39, 0.29) is 24.0 Å². The molecule has 0 aliphatic carbocycles. The Morgan fingerprint density at radius 3 is 0.933 bits per heavy atom. The Morgan fingerprint density at radius 2 is 0.800 bits per heavy atom. The lowest BCUT2D eigenvalue weighted by molar-refractivity contribution is 1.34. The van der Waals surface area contributed by atoms with E-state index in [0.717, 1.165) is 0 Å². The molecule has 0 heterocycles. The van der Waals surface area contributed by atoms with Crippen LogP contribution in [0.5, 0.6) is 0 Å². The van der Waals surface area contributed by atoms with Gasteiger partial charge >= 0.3 is 0 Å². The van der Waals surface area contributed by atoms with Crippen molar-refractivity contribution in [1.29, 1.82) is 0 Å². The van der Waals surface area contributed by atoms with Crippen LogP contribution in [-0.4, -0.2) is 0 Å². The van der Waals surface area contributed by atoms with E-state index in [1.807, 2.05) is 41.5 Å². The molecule has 0 nitrogen and oxygen atoms in total. The largest absolute Gasteiger partial charge is 0.107 e. The molecule has 0 radical (unpaired) electrons. The fourth-order valence-corrected chi connectivity index (χ4v) is 0.663. The first-order valence-corrected chi connectivity index (χ1v) is 5.83. The number of rotatable bonds is 0. The predicted molar refractivity (Wildman–Crippen MR) is 85.4 cm³/mol. The van der Waals surface area contributed by atoms with Crippen molar-refractivity contribution < 1.29 is 0 Å². The zero-order chi connectivity index (χ0) is 12.0. The van der Waals surface area contributed by atoms with Gasteiger partial charge in [-0.2, -0.15) is 0 Å². The van der Waals surface area contributed by atoms with Crippen molar-refractivity contribution in [3.63, 3.8) is 0 Å². The molecule has 1 rings (SSSR count). The molecule has 0 fully saturated rings. The van der Waals surface area contributed by atoms with Crippen LogP contribution in [0.4, 0.5) is 0 Å². The summed E-state index contributed by atoms with van der Waals surface area (Å²) in [6, 6.07) is 8.36. The van der Waals surface area contributed by atoms with Crippen LogP contribution >= 0.6 is 24.0 Å². The topological polar surface area (TPSA) is 0 Å². The highest BCUT2D eigenvalue weighted by Gasteiger charge is 1.83. The molecule has 0 spiro atoms. The molecule has 92 valence electrons. The molecule has 1 aromatic rings. The molecule has 15 heavy (non-hydrogen) atoms. The third kappa shape index (κ3) is 16.6. The summed E-state index contributed by atoms with van der Waals surface area (Å²) in [6.45, 7) is 16.2. The minimum atomic E-state index is 0. The summed E-state index contributed by atoms with van der Waals surface area (Å²) in [5.74, 6) is 0. The lowest BCUT2D eigenvalue weighted by atomic mass is 10.1. The Labute approximate surface area is 115 Å². The summed E-state index contributed by atoms with van der Waals surface area (Å²) in [7, 11) is 0. The van der Waals surface area contributed by atoms with E-state index in [4.69, 9.17) is 0 Å². The van der Waals surface area contributed by atoms with Crippen molar-refractivity contribution in [1.82, 2.24) is 0 Å². The SMILES string of the molecule is CC.CC.CC.Cc1ccccc1C.I. The lowest BCUT2D eigenvalue weighted by Crippen LogP contribution is -1.74. The lowest BCUT2D eigenvalue weighted by Gasteiger charge is -1.93. The molecule has 0 unspecified atom stereocenters. The maximum absolute atomic E-state index is 2.12. The average molecular weight is 324 g/mol. The highest BCUT2D eigenvalue weighted by molar-refractivity contribution is 14.0. The maximum Gasteiger partial charge on any atom is -0.0395 e. The molecular weight excluding hydrogens is 295 g/mol. The standard InChI is InChI=1S/C8H10.3C2H6.HI/c1-7-5-3-4-6-8(7)2;3*1-2;/h3-6H,1-2H3;3*1-2H3;1H. The van der Waals surface area contributed by atoms with Gasteiger partial charge in [-0.1, -0.05) is 65.8 Å². The van der Waals surface area contributed by atoms with Crippen LogP contribution in [0.2, 0.25) is 0 Å². The second kappa shape index (κ2) is 23.6. The zero-order valence-corrected chi connectivity index (χ0v) is 14.0. The van der Waals surface area contributed by atoms with Crippen molar-refractivity contribution in [3.05, 3.63) is 35.4 Å². The summed E-state index contributed by atoms with van der Waals surface area (Å²) < 4.78 is 0. The molecule has 0 aromatic heterocycles. The molecule has 0 N–H and O–H groups in total. The normalized spacial score (nSPS) is 6.13. The summed E-state index contributed by atoms with van der Waals surface area (Å²) in [5.41, 5.74) is 2.74. The van der Waals surface area contributed by atoms with E-state index in [9.17, 15) is 0 Å². The molecule has 0 atom stereocenters. The van der Waals surface area contributed by atoms with Crippen molar-refractivity contribution >= 4 is 24.0 Å². The Morgan fingerprint density at radius 1 is 0.600 bits per heavy atom. The van der Waals surface area contributed by atoms with E-state index in [1.54, 1.807) is 0 Å². The van der Waals surface area contributed by atoms with E-state index in [0.29, 0.717) is 0 Å². The van der Waals surface area contributed by atoms with Crippen LogP contribution in [0, 0.1) is 13.8 Å². The first-order valence-electron chi connectivity index (χ1n) is 5.83. The van der Waals surface area contributed by atoms with Gasteiger partial charge in [0.15, 0.2) is 0 Å². The van der Waals surface area contributed by atoms with Gasteiger partial charge in [0.1, 0.15) is 0 Å². The first-order chi connectivity index (χ1) is 6.80. The van der Waals surface area contributed by atoms with Crippen molar-refractivity contribution in [2.24, 2.45) is 0 Å². The third-order valence-corrected chi connectivity index (χ3v) is 1.43. The van der Waals surface area contributed by atoms with Gasteiger partial charge < -0.3 is 0 Å². The van der Waals surface area contributed by atoms with Crippen LogP contribution in [-0.2, 0) is 0 Å². The first kappa shape index (κ1) is 24.3. The van der Waals surface area contributed by atoms with Crippen molar-refractivity contribution in [2.75, 3.05) is 0 Å². The van der Waals surface area contributed by atoms with Crippen LogP contribution in [0.3, 0.4) is 0 Å². The number of aryl methyl sites for hydroxylation is 2. The molecule has 1 aromatic carbocycles. The predicted octanol–water partition coefficient (Wildman–Crippen LogP) is 6.00. The number of hydrogen-bond acceptors (Lipinski definition) is 0. The highest BCUT2D eigenvalue weighted by Crippen LogP contribution is 2.02. The van der Waals surface area contributed by atoms with Gasteiger partial charge in [-0.3, -0.25) is 0 Å². The van der Waals surface area contributed by atoms with E-state index in [1.165, 1.54) is 11.1 Å². The quantitative estimate of drug-likeness (QED) is 0.513. The van der Waals surface area contributed by atoms with Gasteiger partial charge in [0, 0.05) is 0 Å². The van der Waals surface area contributed by atoms with E-state index < -0.39 is 0 Å². The minimum absolute atomic E-state index is 0. The van der Waals surface area contributed by atoms with Gasteiger partial charge in [-0.15, -0.1) is 24.0 Å². The summed E-state index contributed by atoms with van der Waals surface area (Å²) in [6.07, 6.45) is 0. The van der Waals surface area contributed by atoms with Gasteiger partial charge in [0.25, 0.3) is 0 Å². The Kier molecular flexibility index (Phi) is 38.2. The summed E-state index contributed by atoms with van der Waals surface area (Å²) >= 11 is 0. The van der Waals surface area contributed by atoms with Gasteiger partial charge in [-0.25, -0.2) is 0 Å². The molecule has 0 saturated carbocycles. The molecule has 0 aliphatic heterocycles. The fraction of sp³-hybridized carbons (Fsp3) is 0.571. The van der Waals surface area contributed by atoms with Gasteiger partial charge in [0.05, 0.1) is 0 Å². The molecule has 0 saturated heterocycles. The smallest absolute Gasteiger partial charge is 0.0395 e. The molecular formula is C14H29I. The van der Waals surface area contributed by atoms with Crippen molar-refractivity contribution in [3.8, 4) is 0 Å². The minimum Gasteiger partial charge on any atom is -0.107 e. The number of hydrogen-bond donors (Lipinski definition) is 0. The third-order valence-electron chi connectivity index (χ3n) is 1.43. The van der Waals surface area contributed by atoms with Crippen LogP contribution in [0.25, 0.3) is 0 Å². The van der Waals surface area contributed by atoms with Crippen LogP contribution in [0.15, 0.2) is 24.3 Å². The van der Waals surface area contributed by atoms with E-state index in [2.05, 4.69) is 38.1 Å². The second-order valence-corrected chi connectivity index (χ2v) is 2.08. The van der Waals surface area contributed by atoms with E-state index >= 15 is 0 Å². The summed E-state index contributed by atoms with van der Waals surface area (Å²) in [5, 5.41) is 0. The maximum atomic E-state index is 2.12. The second-order valence-electron chi connectivity index (χ2n) is 2.08. The Hall–Kier alpha value is -0.0500. The molecule has 0 aliphatic rings. The molecule has 1 heteroatoms. The fourth-order valence-electron chi connectivity index (χ4n) is 0.663. The molecule has 0 bridgehead atoms. The Balaban J connectivity index is -0.0000000755.